The normalized spacial score (nSPS) is 13.9. The molecule has 0 spiro atoms. The van der Waals surface area contributed by atoms with Crippen molar-refractivity contribution < 1.29 is 14.3 Å². The average Bonchev–Trinajstić information content (AvgIpc) is 3.35. The second-order valence-corrected chi connectivity index (χ2v) is 8.85. The molecule has 7 nitrogen and oxygen atoms in total. The van der Waals surface area contributed by atoms with Gasteiger partial charge in [-0.3, -0.25) is 4.79 Å². The van der Waals surface area contributed by atoms with E-state index in [0.29, 0.717) is 13.2 Å². The maximum absolute atomic E-state index is 12.6. The van der Waals surface area contributed by atoms with E-state index in [-0.39, 0.29) is 5.91 Å². The minimum absolute atomic E-state index is 0.0422. The van der Waals surface area contributed by atoms with Gasteiger partial charge in [0.2, 0.25) is 5.91 Å². The number of rotatable bonds is 8. The van der Waals surface area contributed by atoms with E-state index in [2.05, 4.69) is 34.1 Å². The zero-order valence-electron chi connectivity index (χ0n) is 20.4. The summed E-state index contributed by atoms with van der Waals surface area (Å²) >= 11 is 0. The molecule has 1 aliphatic heterocycles. The predicted molar refractivity (Wildman–Crippen MR) is 141 cm³/mol. The SMILES string of the molecule is CN(Cc1ccc(N2CCOCC2)cc1)C(=O)/C=C/c1ccc(OCc2cn3ccccc3n2)cc1. The third-order valence-corrected chi connectivity index (χ3v) is 6.21. The second-order valence-electron chi connectivity index (χ2n) is 8.85. The number of hydrogen-bond acceptors (Lipinski definition) is 5. The number of morpholine rings is 1. The molecule has 0 radical (unpaired) electrons. The Kier molecular flexibility index (Phi) is 7.28. The fourth-order valence-electron chi connectivity index (χ4n) is 4.17. The van der Waals surface area contributed by atoms with Gasteiger partial charge in [0.25, 0.3) is 0 Å². The maximum atomic E-state index is 12.6. The van der Waals surface area contributed by atoms with Gasteiger partial charge in [-0.1, -0.05) is 30.3 Å². The van der Waals surface area contributed by atoms with E-state index in [9.17, 15) is 4.79 Å². The number of ether oxygens (including phenoxy) is 2. The number of hydrogen-bond donors (Lipinski definition) is 0. The van der Waals surface area contributed by atoms with Gasteiger partial charge in [-0.25, -0.2) is 4.98 Å². The average molecular weight is 483 g/mol. The Hall–Kier alpha value is -4.10. The lowest BCUT2D eigenvalue weighted by Crippen LogP contribution is -2.36. The molecule has 7 heteroatoms. The quantitative estimate of drug-likeness (QED) is 0.348. The van der Waals surface area contributed by atoms with Gasteiger partial charge in [0.1, 0.15) is 18.0 Å². The van der Waals surface area contributed by atoms with Gasteiger partial charge in [-0.15, -0.1) is 0 Å². The Bertz CT molecular complexity index is 1290. The lowest BCUT2D eigenvalue weighted by Gasteiger charge is -2.29. The van der Waals surface area contributed by atoms with Crippen LogP contribution in [0.2, 0.25) is 0 Å². The van der Waals surface area contributed by atoms with Gasteiger partial charge < -0.3 is 23.7 Å². The van der Waals surface area contributed by atoms with Crippen LogP contribution < -0.4 is 9.64 Å². The summed E-state index contributed by atoms with van der Waals surface area (Å²) < 4.78 is 13.3. The van der Waals surface area contributed by atoms with E-state index >= 15 is 0 Å². The number of likely N-dealkylation sites (N-methyl/N-ethyl adjacent to an activating group) is 1. The maximum Gasteiger partial charge on any atom is 0.246 e. The molecule has 0 saturated carbocycles. The molecule has 36 heavy (non-hydrogen) atoms. The molecule has 1 aliphatic rings. The fraction of sp³-hybridized carbons (Fsp3) is 0.241. The monoisotopic (exact) mass is 482 g/mol. The Morgan fingerprint density at radius 3 is 2.58 bits per heavy atom. The Morgan fingerprint density at radius 2 is 1.83 bits per heavy atom. The van der Waals surface area contributed by atoms with Crippen molar-refractivity contribution in [2.75, 3.05) is 38.3 Å². The number of anilines is 1. The van der Waals surface area contributed by atoms with Crippen molar-refractivity contribution in [3.63, 3.8) is 0 Å². The van der Waals surface area contributed by atoms with Crippen LogP contribution in [-0.2, 0) is 22.7 Å². The molecular formula is C29H30N4O3. The molecule has 2 aromatic heterocycles. The summed E-state index contributed by atoms with van der Waals surface area (Å²) in [7, 11) is 1.82. The van der Waals surface area contributed by atoms with E-state index in [0.717, 1.165) is 54.5 Å². The van der Waals surface area contributed by atoms with Crippen molar-refractivity contribution >= 4 is 23.3 Å². The number of benzene rings is 2. The van der Waals surface area contributed by atoms with Crippen molar-refractivity contribution in [2.45, 2.75) is 13.2 Å². The lowest BCUT2D eigenvalue weighted by molar-refractivity contribution is -0.125. The summed E-state index contributed by atoms with van der Waals surface area (Å²) in [5.41, 5.74) is 5.00. The number of carbonyl (C=O) groups excluding carboxylic acids is 1. The number of fused-ring (bicyclic) bond motifs is 1. The predicted octanol–water partition coefficient (Wildman–Crippen LogP) is 4.42. The third-order valence-electron chi connectivity index (χ3n) is 6.21. The van der Waals surface area contributed by atoms with Gasteiger partial charge in [0, 0.05) is 50.8 Å². The van der Waals surface area contributed by atoms with Crippen LogP contribution in [0.3, 0.4) is 0 Å². The number of amides is 1. The molecule has 5 rings (SSSR count). The summed E-state index contributed by atoms with van der Waals surface area (Å²) in [5.74, 6) is 0.715. The summed E-state index contributed by atoms with van der Waals surface area (Å²) in [5, 5.41) is 0. The van der Waals surface area contributed by atoms with E-state index in [1.165, 1.54) is 5.69 Å². The van der Waals surface area contributed by atoms with Gasteiger partial charge in [-0.05, 0) is 53.6 Å². The van der Waals surface area contributed by atoms with Crippen molar-refractivity contribution in [3.8, 4) is 5.75 Å². The highest BCUT2D eigenvalue weighted by Gasteiger charge is 2.12. The van der Waals surface area contributed by atoms with Crippen LogP contribution in [0.15, 0.2) is 85.2 Å². The number of nitrogens with zero attached hydrogens (tertiary/aromatic N) is 4. The van der Waals surface area contributed by atoms with E-state index in [4.69, 9.17) is 9.47 Å². The van der Waals surface area contributed by atoms with Gasteiger partial charge in [0.15, 0.2) is 0 Å². The van der Waals surface area contributed by atoms with Gasteiger partial charge >= 0.3 is 0 Å². The molecule has 1 saturated heterocycles. The van der Waals surface area contributed by atoms with Crippen molar-refractivity contribution in [2.24, 2.45) is 0 Å². The Morgan fingerprint density at radius 1 is 1.06 bits per heavy atom. The largest absolute Gasteiger partial charge is 0.487 e. The van der Waals surface area contributed by atoms with Crippen molar-refractivity contribution in [3.05, 3.63) is 102 Å². The molecule has 0 N–H and O–H groups in total. The highest BCUT2D eigenvalue weighted by Crippen LogP contribution is 2.18. The topological polar surface area (TPSA) is 59.3 Å². The minimum Gasteiger partial charge on any atom is -0.487 e. The van der Waals surface area contributed by atoms with Crippen LogP contribution in [0.1, 0.15) is 16.8 Å². The number of aromatic nitrogens is 2. The van der Waals surface area contributed by atoms with E-state index in [1.54, 1.807) is 11.0 Å². The molecular weight excluding hydrogens is 452 g/mol. The van der Waals surface area contributed by atoms with Gasteiger partial charge in [-0.2, -0.15) is 0 Å². The molecule has 0 bridgehead atoms. The van der Waals surface area contributed by atoms with Crippen LogP contribution in [0, 0.1) is 0 Å². The summed E-state index contributed by atoms with van der Waals surface area (Å²) in [6.07, 6.45) is 7.36. The van der Waals surface area contributed by atoms with Crippen LogP contribution in [0.4, 0.5) is 5.69 Å². The molecule has 2 aromatic carbocycles. The Labute approximate surface area is 211 Å². The molecule has 0 aliphatic carbocycles. The van der Waals surface area contributed by atoms with Crippen molar-refractivity contribution in [1.82, 2.24) is 14.3 Å². The molecule has 3 heterocycles. The van der Waals surface area contributed by atoms with Crippen LogP contribution in [0.25, 0.3) is 11.7 Å². The van der Waals surface area contributed by atoms with Crippen LogP contribution >= 0.6 is 0 Å². The number of imidazole rings is 1. The van der Waals surface area contributed by atoms with Gasteiger partial charge in [0.05, 0.1) is 18.9 Å². The lowest BCUT2D eigenvalue weighted by atomic mass is 10.1. The molecule has 1 fully saturated rings. The summed E-state index contributed by atoms with van der Waals surface area (Å²) in [4.78, 5) is 21.2. The summed E-state index contributed by atoms with van der Waals surface area (Å²) in [6.45, 7) is 4.32. The number of pyridine rings is 1. The first kappa shape index (κ1) is 23.6. The third kappa shape index (κ3) is 5.93. The standard InChI is InChI=1S/C29H30N4O3/c1-31(20-24-5-10-26(11-6-24)32-16-18-35-19-17-32)29(34)14-9-23-7-12-27(13-8-23)36-22-25-21-33-15-3-2-4-28(33)30-25/h2-15,21H,16-20,22H2,1H3/b14-9+. The molecule has 1 amide bonds. The van der Waals surface area contributed by atoms with E-state index < -0.39 is 0 Å². The molecule has 4 aromatic rings. The zero-order chi connectivity index (χ0) is 24.7. The van der Waals surface area contributed by atoms with E-state index in [1.807, 2.05) is 72.4 Å². The van der Waals surface area contributed by atoms with Crippen molar-refractivity contribution in [1.29, 1.82) is 0 Å². The first-order chi connectivity index (χ1) is 17.6. The summed E-state index contributed by atoms with van der Waals surface area (Å²) in [6, 6.07) is 22.0. The minimum atomic E-state index is -0.0422. The zero-order valence-corrected chi connectivity index (χ0v) is 20.4. The van der Waals surface area contributed by atoms with Crippen LogP contribution in [0.5, 0.6) is 5.75 Å². The first-order valence-electron chi connectivity index (χ1n) is 12.1. The first-order valence-corrected chi connectivity index (χ1v) is 12.1. The molecule has 0 atom stereocenters. The van der Waals surface area contributed by atoms with Crippen LogP contribution in [-0.4, -0.2) is 53.5 Å². The molecule has 184 valence electrons. The highest BCUT2D eigenvalue weighted by molar-refractivity contribution is 5.91. The smallest absolute Gasteiger partial charge is 0.246 e. The number of carbonyl (C=O) groups is 1. The Balaban J connectivity index is 1.11. The molecule has 0 unspecified atom stereocenters. The fourth-order valence-corrected chi connectivity index (χ4v) is 4.17. The highest BCUT2D eigenvalue weighted by atomic mass is 16.5. The second kappa shape index (κ2) is 11.1.